The van der Waals surface area contributed by atoms with Gasteiger partial charge in [0, 0.05) is 17.9 Å². The van der Waals surface area contributed by atoms with Gasteiger partial charge in [-0.3, -0.25) is 9.52 Å². The van der Waals surface area contributed by atoms with Gasteiger partial charge in [0.2, 0.25) is 10.0 Å². The van der Waals surface area contributed by atoms with Gasteiger partial charge in [0.15, 0.2) is 0 Å². The third-order valence-electron chi connectivity index (χ3n) is 4.75. The van der Waals surface area contributed by atoms with Crippen LogP contribution in [0, 0.1) is 5.82 Å². The van der Waals surface area contributed by atoms with Crippen LogP contribution in [0.5, 0.6) is 0 Å². The first-order valence-electron chi connectivity index (χ1n) is 8.82. The van der Waals surface area contributed by atoms with E-state index < -0.39 is 15.9 Å². The number of primary amides is 1. The number of nitrogens with two attached hydrogens (primary N) is 1. The van der Waals surface area contributed by atoms with E-state index in [-0.39, 0.29) is 23.7 Å². The maximum absolute atomic E-state index is 13.5. The Morgan fingerprint density at radius 1 is 1.29 bits per heavy atom. The van der Waals surface area contributed by atoms with E-state index in [1.807, 2.05) is 0 Å². The summed E-state index contributed by atoms with van der Waals surface area (Å²) >= 11 is 0. The first-order chi connectivity index (χ1) is 13.2. The van der Waals surface area contributed by atoms with Crippen molar-refractivity contribution in [3.05, 3.63) is 64.7 Å². The van der Waals surface area contributed by atoms with Gasteiger partial charge >= 0.3 is 0 Å². The maximum atomic E-state index is 13.5. The second-order valence-corrected chi connectivity index (χ2v) is 8.90. The van der Waals surface area contributed by atoms with Crippen LogP contribution in [0.3, 0.4) is 0 Å². The molecule has 4 rings (SSSR count). The fourth-order valence-corrected chi connectivity index (χ4v) is 4.03. The minimum absolute atomic E-state index is 0.193. The molecule has 1 amide bonds. The van der Waals surface area contributed by atoms with E-state index in [9.17, 15) is 17.6 Å². The monoisotopic (exact) mass is 402 g/mol. The van der Waals surface area contributed by atoms with Gasteiger partial charge in [0.1, 0.15) is 17.2 Å². The average Bonchev–Trinajstić information content (AvgIpc) is 3.34. The molecule has 0 saturated heterocycles. The van der Waals surface area contributed by atoms with Crippen molar-refractivity contribution in [2.45, 2.75) is 25.2 Å². The molecule has 1 heterocycles. The summed E-state index contributed by atoms with van der Waals surface area (Å²) in [6, 6.07) is 9.38. The van der Waals surface area contributed by atoms with Gasteiger partial charge in [-0.1, -0.05) is 12.1 Å². The molecule has 8 heteroatoms. The number of benzene rings is 2. The molecule has 0 unspecified atom stereocenters. The molecule has 1 fully saturated rings. The summed E-state index contributed by atoms with van der Waals surface area (Å²) in [5, 5.41) is 0.542. The van der Waals surface area contributed by atoms with E-state index in [2.05, 4.69) is 4.72 Å². The van der Waals surface area contributed by atoms with Gasteiger partial charge in [-0.05, 0) is 48.1 Å². The molecular weight excluding hydrogens is 383 g/mol. The third kappa shape index (κ3) is 3.73. The normalized spacial score (nSPS) is 14.4. The summed E-state index contributed by atoms with van der Waals surface area (Å²) in [7, 11) is -3.47. The minimum Gasteiger partial charge on any atom is -0.460 e. The second kappa shape index (κ2) is 6.63. The molecule has 28 heavy (non-hydrogen) atoms. The number of carbonyl (C=O) groups excluding carboxylic acids is 1. The number of carbonyl (C=O) groups is 1. The fourth-order valence-electron chi connectivity index (χ4n) is 3.46. The lowest BCUT2D eigenvalue weighted by Crippen LogP contribution is -2.13. The topological polar surface area (TPSA) is 102 Å². The summed E-state index contributed by atoms with van der Waals surface area (Å²) in [6.07, 6.45) is 3.17. The maximum Gasteiger partial charge on any atom is 0.252 e. The number of halogens is 1. The van der Waals surface area contributed by atoms with Crippen molar-refractivity contribution in [1.82, 2.24) is 0 Å². The molecule has 6 nitrogen and oxygen atoms in total. The highest BCUT2D eigenvalue weighted by Gasteiger charge is 2.29. The van der Waals surface area contributed by atoms with Crippen molar-refractivity contribution in [3.8, 4) is 0 Å². The first-order valence-corrected chi connectivity index (χ1v) is 10.7. The standard InChI is InChI=1S/C20H19FN2O4S/c1-28(25,26)23-16-10-17-15(9-14(16)12-5-6-12)19(20(22)24)18(27-17)8-11-3-2-4-13(21)7-11/h2-4,7,9-10,12,23H,5-6,8H2,1H3,(H2,22,24). The molecule has 0 bridgehead atoms. The number of hydrogen-bond acceptors (Lipinski definition) is 4. The molecule has 1 aromatic heterocycles. The number of amides is 1. The Bertz CT molecular complexity index is 1200. The molecule has 1 aliphatic carbocycles. The number of sulfonamides is 1. The zero-order valence-electron chi connectivity index (χ0n) is 15.2. The number of nitrogens with one attached hydrogen (secondary N) is 1. The highest BCUT2D eigenvalue weighted by molar-refractivity contribution is 7.92. The zero-order chi connectivity index (χ0) is 20.1. The molecule has 1 saturated carbocycles. The quantitative estimate of drug-likeness (QED) is 0.659. The Kier molecular flexibility index (Phi) is 4.38. The number of anilines is 1. The number of fused-ring (bicyclic) bond motifs is 1. The Morgan fingerprint density at radius 2 is 2.04 bits per heavy atom. The SMILES string of the molecule is CS(=O)(=O)Nc1cc2oc(Cc3cccc(F)c3)c(C(N)=O)c2cc1C1CC1. The predicted octanol–water partition coefficient (Wildman–Crippen LogP) is 3.51. The van der Waals surface area contributed by atoms with Crippen LogP contribution in [0.4, 0.5) is 10.1 Å². The zero-order valence-corrected chi connectivity index (χ0v) is 16.0. The highest BCUT2D eigenvalue weighted by atomic mass is 32.2. The summed E-state index contributed by atoms with van der Waals surface area (Å²) in [6.45, 7) is 0. The molecule has 0 radical (unpaired) electrons. The molecule has 3 aromatic rings. The van der Waals surface area contributed by atoms with Crippen molar-refractivity contribution in [3.63, 3.8) is 0 Å². The van der Waals surface area contributed by atoms with Crippen LogP contribution in [-0.2, 0) is 16.4 Å². The third-order valence-corrected chi connectivity index (χ3v) is 5.34. The molecule has 3 N–H and O–H groups in total. The van der Waals surface area contributed by atoms with E-state index in [0.717, 1.165) is 24.7 Å². The largest absolute Gasteiger partial charge is 0.460 e. The molecule has 146 valence electrons. The van der Waals surface area contributed by atoms with Gasteiger partial charge in [0.25, 0.3) is 5.91 Å². The van der Waals surface area contributed by atoms with Crippen molar-refractivity contribution in [2.75, 3.05) is 11.0 Å². The molecule has 1 aliphatic rings. The van der Waals surface area contributed by atoms with Crippen molar-refractivity contribution < 1.29 is 22.0 Å². The smallest absolute Gasteiger partial charge is 0.252 e. The van der Waals surface area contributed by atoms with Crippen LogP contribution in [-0.4, -0.2) is 20.6 Å². The summed E-state index contributed by atoms with van der Waals surface area (Å²) in [5.74, 6) is -0.470. The van der Waals surface area contributed by atoms with E-state index >= 15 is 0 Å². The molecule has 2 aromatic carbocycles. The van der Waals surface area contributed by atoms with E-state index in [4.69, 9.17) is 10.2 Å². The van der Waals surface area contributed by atoms with E-state index in [0.29, 0.717) is 28.0 Å². The van der Waals surface area contributed by atoms with Gasteiger partial charge in [0.05, 0.1) is 17.5 Å². The highest BCUT2D eigenvalue weighted by Crippen LogP contribution is 2.46. The van der Waals surface area contributed by atoms with Crippen molar-refractivity contribution >= 4 is 32.6 Å². The Morgan fingerprint density at radius 3 is 2.64 bits per heavy atom. The average molecular weight is 402 g/mol. The molecular formula is C20H19FN2O4S. The fraction of sp³-hybridized carbons (Fsp3) is 0.250. The Balaban J connectivity index is 1.87. The molecule has 0 atom stereocenters. The van der Waals surface area contributed by atoms with Crippen LogP contribution in [0.2, 0.25) is 0 Å². The van der Waals surface area contributed by atoms with Crippen LogP contribution < -0.4 is 10.5 Å². The van der Waals surface area contributed by atoms with Crippen LogP contribution in [0.25, 0.3) is 11.0 Å². The number of rotatable bonds is 6. The van der Waals surface area contributed by atoms with Crippen LogP contribution in [0.1, 0.15) is 46.0 Å². The lowest BCUT2D eigenvalue weighted by atomic mass is 10.0. The minimum atomic E-state index is -3.47. The van der Waals surface area contributed by atoms with Gasteiger partial charge in [-0.2, -0.15) is 0 Å². The van der Waals surface area contributed by atoms with E-state index in [1.54, 1.807) is 24.3 Å². The van der Waals surface area contributed by atoms with Crippen LogP contribution >= 0.6 is 0 Å². The van der Waals surface area contributed by atoms with Gasteiger partial charge in [-0.15, -0.1) is 0 Å². The van der Waals surface area contributed by atoms with Gasteiger partial charge < -0.3 is 10.2 Å². The number of furan rings is 1. The number of hydrogen-bond donors (Lipinski definition) is 2. The summed E-state index contributed by atoms with van der Waals surface area (Å²) in [5.41, 5.74) is 8.11. The summed E-state index contributed by atoms with van der Waals surface area (Å²) in [4.78, 5) is 12.1. The van der Waals surface area contributed by atoms with Crippen LogP contribution in [0.15, 0.2) is 40.8 Å². The first kappa shape index (κ1) is 18.5. The van der Waals surface area contributed by atoms with Crippen molar-refractivity contribution in [1.29, 1.82) is 0 Å². The Labute approximate surface area is 161 Å². The predicted molar refractivity (Wildman–Crippen MR) is 104 cm³/mol. The molecule has 0 aliphatic heterocycles. The molecule has 0 spiro atoms. The lowest BCUT2D eigenvalue weighted by Gasteiger charge is -2.10. The summed E-state index contributed by atoms with van der Waals surface area (Å²) < 4.78 is 45.4. The Hall–Kier alpha value is -2.87. The second-order valence-electron chi connectivity index (χ2n) is 7.16. The van der Waals surface area contributed by atoms with Crippen molar-refractivity contribution in [2.24, 2.45) is 5.73 Å². The van der Waals surface area contributed by atoms with Gasteiger partial charge in [-0.25, -0.2) is 12.8 Å². The van der Waals surface area contributed by atoms with E-state index in [1.165, 1.54) is 12.1 Å². The lowest BCUT2D eigenvalue weighted by molar-refractivity contribution is 0.1000.